The van der Waals surface area contributed by atoms with Gasteiger partial charge in [0, 0.05) is 13.1 Å². The molecule has 2 atom stereocenters. The van der Waals surface area contributed by atoms with Crippen molar-refractivity contribution >= 4 is 5.91 Å². The topological polar surface area (TPSA) is 29.5 Å². The Labute approximate surface area is 109 Å². The summed E-state index contributed by atoms with van der Waals surface area (Å²) in [5, 5.41) is 0. The monoisotopic (exact) mass is 247 g/mol. The largest absolute Gasteiger partial charge is 0.372 e. The highest BCUT2D eigenvalue weighted by Gasteiger charge is 2.25. The molecule has 0 N–H and O–H groups in total. The quantitative estimate of drug-likeness (QED) is 0.801. The summed E-state index contributed by atoms with van der Waals surface area (Å²) in [6, 6.07) is 8.14. The minimum atomic E-state index is 0.134. The highest BCUT2D eigenvalue weighted by molar-refractivity contribution is 5.79. The Kier molecular flexibility index (Phi) is 4.02. The number of aryl methyl sites for hydroxylation is 1. The maximum Gasteiger partial charge on any atom is 0.227 e. The van der Waals surface area contributed by atoms with Crippen LogP contribution in [0, 0.1) is 6.92 Å². The number of morpholine rings is 1. The SMILES string of the molecule is Cc1cccc(CC(=O)N2C[C@@H](C)O[C@@H](C)C2)c1. The second-order valence-corrected chi connectivity index (χ2v) is 5.22. The molecule has 0 spiro atoms. The molecule has 18 heavy (non-hydrogen) atoms. The number of carbonyl (C=O) groups is 1. The summed E-state index contributed by atoms with van der Waals surface area (Å²) in [7, 11) is 0. The van der Waals surface area contributed by atoms with Crippen molar-refractivity contribution in [3.05, 3.63) is 35.4 Å². The molecule has 0 unspecified atom stereocenters. The molecule has 1 amide bonds. The summed E-state index contributed by atoms with van der Waals surface area (Å²) in [5.41, 5.74) is 2.29. The molecule has 0 radical (unpaired) electrons. The van der Waals surface area contributed by atoms with Crippen LogP contribution in [0.3, 0.4) is 0 Å². The summed E-state index contributed by atoms with van der Waals surface area (Å²) in [6.45, 7) is 7.49. The van der Waals surface area contributed by atoms with Crippen molar-refractivity contribution < 1.29 is 9.53 Å². The van der Waals surface area contributed by atoms with Crippen molar-refractivity contribution in [3.8, 4) is 0 Å². The van der Waals surface area contributed by atoms with Crippen LogP contribution >= 0.6 is 0 Å². The number of nitrogens with zero attached hydrogens (tertiary/aromatic N) is 1. The molecular weight excluding hydrogens is 226 g/mol. The normalized spacial score (nSPS) is 24.1. The number of rotatable bonds is 2. The van der Waals surface area contributed by atoms with E-state index in [4.69, 9.17) is 4.74 Å². The Morgan fingerprint density at radius 2 is 2.00 bits per heavy atom. The molecule has 1 fully saturated rings. The highest BCUT2D eigenvalue weighted by Crippen LogP contribution is 2.13. The van der Waals surface area contributed by atoms with Crippen molar-refractivity contribution in [1.82, 2.24) is 4.90 Å². The van der Waals surface area contributed by atoms with E-state index in [-0.39, 0.29) is 18.1 Å². The van der Waals surface area contributed by atoms with Gasteiger partial charge < -0.3 is 9.64 Å². The first-order chi connectivity index (χ1) is 8.54. The number of ether oxygens (including phenoxy) is 1. The summed E-state index contributed by atoms with van der Waals surface area (Å²) in [5.74, 6) is 0.197. The maximum absolute atomic E-state index is 12.2. The fourth-order valence-electron chi connectivity index (χ4n) is 2.49. The number of benzene rings is 1. The smallest absolute Gasteiger partial charge is 0.227 e. The second kappa shape index (κ2) is 5.53. The minimum absolute atomic E-state index is 0.134. The summed E-state index contributed by atoms with van der Waals surface area (Å²) in [6.07, 6.45) is 0.756. The zero-order chi connectivity index (χ0) is 13.1. The van der Waals surface area contributed by atoms with Gasteiger partial charge in [0.25, 0.3) is 0 Å². The molecule has 2 rings (SSSR count). The average molecular weight is 247 g/mol. The lowest BCUT2D eigenvalue weighted by Crippen LogP contribution is -2.48. The third-order valence-corrected chi connectivity index (χ3v) is 3.21. The zero-order valence-electron chi connectivity index (χ0n) is 11.3. The third kappa shape index (κ3) is 3.33. The van der Waals surface area contributed by atoms with Gasteiger partial charge in [-0.05, 0) is 26.3 Å². The minimum Gasteiger partial charge on any atom is -0.372 e. The molecule has 98 valence electrons. The van der Waals surface area contributed by atoms with E-state index in [9.17, 15) is 4.79 Å². The molecule has 0 saturated carbocycles. The summed E-state index contributed by atoms with van der Waals surface area (Å²) in [4.78, 5) is 14.2. The van der Waals surface area contributed by atoms with Gasteiger partial charge in [-0.1, -0.05) is 29.8 Å². The zero-order valence-corrected chi connectivity index (χ0v) is 11.3. The van der Waals surface area contributed by atoms with E-state index in [1.54, 1.807) is 0 Å². The van der Waals surface area contributed by atoms with Crippen LogP contribution in [0.2, 0.25) is 0 Å². The van der Waals surface area contributed by atoms with Crippen LogP contribution in [0.4, 0.5) is 0 Å². The number of amides is 1. The van der Waals surface area contributed by atoms with Crippen molar-refractivity contribution in [2.24, 2.45) is 0 Å². The maximum atomic E-state index is 12.2. The number of carbonyl (C=O) groups excluding carboxylic acids is 1. The van der Waals surface area contributed by atoms with Crippen LogP contribution < -0.4 is 0 Å². The molecular formula is C15H21NO2. The van der Waals surface area contributed by atoms with E-state index in [0.29, 0.717) is 19.5 Å². The second-order valence-electron chi connectivity index (χ2n) is 5.22. The lowest BCUT2D eigenvalue weighted by atomic mass is 10.1. The molecule has 0 aliphatic carbocycles. The molecule has 1 aromatic carbocycles. The number of hydrogen-bond donors (Lipinski definition) is 0. The molecule has 3 nitrogen and oxygen atoms in total. The van der Waals surface area contributed by atoms with E-state index in [1.807, 2.05) is 43.9 Å². The molecule has 1 aromatic rings. The molecule has 1 aliphatic rings. The molecule has 0 bridgehead atoms. The van der Waals surface area contributed by atoms with Crippen LogP contribution in [0.5, 0.6) is 0 Å². The molecule has 1 aliphatic heterocycles. The van der Waals surface area contributed by atoms with Gasteiger partial charge >= 0.3 is 0 Å². The van der Waals surface area contributed by atoms with Gasteiger partial charge in [0.15, 0.2) is 0 Å². The predicted molar refractivity (Wildman–Crippen MR) is 71.5 cm³/mol. The van der Waals surface area contributed by atoms with Gasteiger partial charge in [-0.15, -0.1) is 0 Å². The Bertz CT molecular complexity index is 420. The summed E-state index contributed by atoms with van der Waals surface area (Å²) >= 11 is 0. The van der Waals surface area contributed by atoms with Crippen molar-refractivity contribution in [2.45, 2.75) is 39.4 Å². The van der Waals surface area contributed by atoms with E-state index in [0.717, 1.165) is 5.56 Å². The molecule has 3 heteroatoms. The van der Waals surface area contributed by atoms with Crippen LogP contribution in [0.25, 0.3) is 0 Å². The fraction of sp³-hybridized carbons (Fsp3) is 0.533. The van der Waals surface area contributed by atoms with Gasteiger partial charge in [0.05, 0.1) is 18.6 Å². The first-order valence-corrected chi connectivity index (χ1v) is 6.53. The van der Waals surface area contributed by atoms with Crippen LogP contribution in [0.15, 0.2) is 24.3 Å². The third-order valence-electron chi connectivity index (χ3n) is 3.21. The number of hydrogen-bond acceptors (Lipinski definition) is 2. The van der Waals surface area contributed by atoms with Gasteiger partial charge in [-0.2, -0.15) is 0 Å². The van der Waals surface area contributed by atoms with Crippen molar-refractivity contribution in [3.63, 3.8) is 0 Å². The van der Waals surface area contributed by atoms with Crippen LogP contribution in [0.1, 0.15) is 25.0 Å². The average Bonchev–Trinajstić information content (AvgIpc) is 2.27. The molecule has 0 aromatic heterocycles. The van der Waals surface area contributed by atoms with Gasteiger partial charge in [0.1, 0.15) is 0 Å². The molecule has 1 heterocycles. The first-order valence-electron chi connectivity index (χ1n) is 6.53. The molecule has 1 saturated heterocycles. The lowest BCUT2D eigenvalue weighted by molar-refractivity contribution is -0.142. The van der Waals surface area contributed by atoms with E-state index in [2.05, 4.69) is 6.07 Å². The Balaban J connectivity index is 1.99. The Morgan fingerprint density at radius 3 is 2.61 bits per heavy atom. The lowest BCUT2D eigenvalue weighted by Gasteiger charge is -2.35. The van der Waals surface area contributed by atoms with E-state index >= 15 is 0 Å². The van der Waals surface area contributed by atoms with E-state index in [1.165, 1.54) is 5.56 Å². The highest BCUT2D eigenvalue weighted by atomic mass is 16.5. The first kappa shape index (κ1) is 13.1. The Hall–Kier alpha value is -1.35. The summed E-state index contributed by atoms with van der Waals surface area (Å²) < 4.78 is 5.64. The standard InChI is InChI=1S/C15H21NO2/c1-11-5-4-6-14(7-11)8-15(17)16-9-12(2)18-13(3)10-16/h4-7,12-13H,8-10H2,1-3H3/t12-,13+. The van der Waals surface area contributed by atoms with E-state index < -0.39 is 0 Å². The van der Waals surface area contributed by atoms with Crippen LogP contribution in [-0.4, -0.2) is 36.1 Å². The van der Waals surface area contributed by atoms with Gasteiger partial charge in [-0.25, -0.2) is 0 Å². The van der Waals surface area contributed by atoms with Crippen molar-refractivity contribution in [1.29, 1.82) is 0 Å². The van der Waals surface area contributed by atoms with Crippen LogP contribution in [-0.2, 0) is 16.0 Å². The van der Waals surface area contributed by atoms with Crippen molar-refractivity contribution in [2.75, 3.05) is 13.1 Å². The van der Waals surface area contributed by atoms with Gasteiger partial charge in [-0.3, -0.25) is 4.79 Å². The fourth-order valence-corrected chi connectivity index (χ4v) is 2.49. The predicted octanol–water partition coefficient (Wildman–Crippen LogP) is 2.17. The van der Waals surface area contributed by atoms with Gasteiger partial charge in [0.2, 0.25) is 5.91 Å². The Morgan fingerprint density at radius 1 is 1.33 bits per heavy atom.